The molecule has 3 aromatic heterocycles. The number of likely N-dealkylation sites (tertiary alicyclic amines) is 1. The molecule has 1 saturated heterocycles. The molecule has 0 aliphatic carbocycles. The first-order valence-electron chi connectivity index (χ1n) is 8.74. The lowest BCUT2D eigenvalue weighted by molar-refractivity contribution is 0.0677. The average molecular weight is 372 g/mol. The smallest absolute Gasteiger partial charge is 0.280 e. The number of amides is 1. The predicted molar refractivity (Wildman–Crippen MR) is 95.9 cm³/mol. The average Bonchev–Trinajstić information content (AvgIpc) is 3.41. The number of rotatable bonds is 4. The van der Waals surface area contributed by atoms with E-state index in [2.05, 4.69) is 20.5 Å². The zero-order valence-electron chi connectivity index (χ0n) is 14.8. The molecule has 0 saturated carbocycles. The van der Waals surface area contributed by atoms with Gasteiger partial charge in [-0.2, -0.15) is 4.98 Å². The summed E-state index contributed by atoms with van der Waals surface area (Å²) in [7, 11) is 0. The van der Waals surface area contributed by atoms with Crippen LogP contribution in [0.2, 0.25) is 0 Å². The topological polar surface area (TPSA) is 89.9 Å². The normalized spacial score (nSPS) is 17.6. The molecule has 9 heteroatoms. The van der Waals surface area contributed by atoms with Crippen LogP contribution in [0.4, 0.5) is 0 Å². The Morgan fingerprint density at radius 1 is 1.42 bits per heavy atom. The van der Waals surface area contributed by atoms with Gasteiger partial charge < -0.3 is 9.42 Å². The van der Waals surface area contributed by atoms with Crippen molar-refractivity contribution in [1.29, 1.82) is 0 Å². The third-order valence-electron chi connectivity index (χ3n) is 4.52. The van der Waals surface area contributed by atoms with E-state index in [1.165, 1.54) is 11.3 Å². The summed E-state index contributed by atoms with van der Waals surface area (Å²) in [6.45, 7) is 5.38. The number of hydrogen-bond donors (Lipinski definition) is 0. The van der Waals surface area contributed by atoms with Crippen LogP contribution in [-0.4, -0.2) is 49.0 Å². The molecular formula is C17H20N6O2S. The van der Waals surface area contributed by atoms with Crippen LogP contribution >= 0.6 is 11.3 Å². The van der Waals surface area contributed by atoms with E-state index in [-0.39, 0.29) is 11.9 Å². The number of thiophene rings is 1. The minimum absolute atomic E-state index is 0.0950. The fourth-order valence-electron chi connectivity index (χ4n) is 3.12. The van der Waals surface area contributed by atoms with E-state index in [4.69, 9.17) is 4.52 Å². The summed E-state index contributed by atoms with van der Waals surface area (Å²) >= 11 is 1.54. The largest absolute Gasteiger partial charge is 0.336 e. The standard InChI is InChI=1S/C17H20N6O2S/c1-3-15-18-16(25-20-15)13-10-23(21-19-13)12-5-4-8-22(9-12)17(24)14-7-6-11(2)26-14/h6-7,10,12H,3-5,8-9H2,1-2H3. The van der Waals surface area contributed by atoms with E-state index in [9.17, 15) is 4.79 Å². The summed E-state index contributed by atoms with van der Waals surface area (Å²) in [6.07, 6.45) is 4.43. The summed E-state index contributed by atoms with van der Waals surface area (Å²) in [5.74, 6) is 1.12. The fourth-order valence-corrected chi connectivity index (χ4v) is 3.95. The molecule has 1 aliphatic rings. The zero-order chi connectivity index (χ0) is 18.1. The molecule has 0 aromatic carbocycles. The maximum absolute atomic E-state index is 12.7. The van der Waals surface area contributed by atoms with Crippen LogP contribution in [0.3, 0.4) is 0 Å². The van der Waals surface area contributed by atoms with E-state index in [0.717, 1.165) is 29.1 Å². The predicted octanol–water partition coefficient (Wildman–Crippen LogP) is 2.74. The molecule has 136 valence electrons. The lowest BCUT2D eigenvalue weighted by atomic mass is 10.1. The van der Waals surface area contributed by atoms with Gasteiger partial charge in [-0.05, 0) is 31.9 Å². The zero-order valence-corrected chi connectivity index (χ0v) is 15.6. The first kappa shape index (κ1) is 16.9. The Bertz CT molecular complexity index is 914. The third-order valence-corrected chi connectivity index (χ3v) is 5.51. The summed E-state index contributed by atoms with van der Waals surface area (Å²) in [5.41, 5.74) is 0.564. The van der Waals surface area contributed by atoms with Crippen molar-refractivity contribution < 1.29 is 9.32 Å². The van der Waals surface area contributed by atoms with Crippen LogP contribution < -0.4 is 0 Å². The van der Waals surface area contributed by atoms with Gasteiger partial charge in [0.1, 0.15) is 0 Å². The van der Waals surface area contributed by atoms with Crippen LogP contribution in [0.25, 0.3) is 11.6 Å². The summed E-state index contributed by atoms with van der Waals surface area (Å²) in [4.78, 5) is 20.8. The third kappa shape index (κ3) is 3.26. The van der Waals surface area contributed by atoms with Gasteiger partial charge in [0.25, 0.3) is 11.8 Å². The molecule has 1 amide bonds. The summed E-state index contributed by atoms with van der Waals surface area (Å²) in [6, 6.07) is 3.99. The van der Waals surface area contributed by atoms with Crippen LogP contribution in [0.15, 0.2) is 22.9 Å². The fraction of sp³-hybridized carbons (Fsp3) is 0.471. The van der Waals surface area contributed by atoms with Gasteiger partial charge in [0.05, 0.1) is 17.1 Å². The Kier molecular flexibility index (Phi) is 4.54. The van der Waals surface area contributed by atoms with Gasteiger partial charge in [0, 0.05) is 24.4 Å². The summed E-state index contributed by atoms with van der Waals surface area (Å²) in [5, 5.41) is 12.3. The highest BCUT2D eigenvalue weighted by Crippen LogP contribution is 2.25. The van der Waals surface area contributed by atoms with Crippen molar-refractivity contribution in [3.63, 3.8) is 0 Å². The molecule has 1 atom stereocenters. The van der Waals surface area contributed by atoms with Gasteiger partial charge >= 0.3 is 0 Å². The molecular weight excluding hydrogens is 352 g/mol. The molecule has 1 fully saturated rings. The molecule has 4 heterocycles. The Balaban J connectivity index is 1.48. The van der Waals surface area contributed by atoms with Crippen LogP contribution in [0, 0.1) is 6.92 Å². The van der Waals surface area contributed by atoms with Crippen molar-refractivity contribution >= 4 is 17.2 Å². The number of aryl methyl sites for hydroxylation is 2. The van der Waals surface area contributed by atoms with E-state index < -0.39 is 0 Å². The first-order valence-corrected chi connectivity index (χ1v) is 9.56. The van der Waals surface area contributed by atoms with E-state index in [1.807, 2.05) is 41.8 Å². The highest BCUT2D eigenvalue weighted by Gasteiger charge is 2.27. The summed E-state index contributed by atoms with van der Waals surface area (Å²) < 4.78 is 7.03. The number of carbonyl (C=O) groups excluding carboxylic acids is 1. The Hall–Kier alpha value is -2.55. The highest BCUT2D eigenvalue weighted by molar-refractivity contribution is 7.13. The van der Waals surface area contributed by atoms with E-state index >= 15 is 0 Å². The van der Waals surface area contributed by atoms with Crippen molar-refractivity contribution in [3.05, 3.63) is 33.9 Å². The van der Waals surface area contributed by atoms with Crippen molar-refractivity contribution in [2.75, 3.05) is 13.1 Å². The van der Waals surface area contributed by atoms with Crippen molar-refractivity contribution in [3.8, 4) is 11.6 Å². The highest BCUT2D eigenvalue weighted by atomic mass is 32.1. The number of aromatic nitrogens is 5. The van der Waals surface area contributed by atoms with Gasteiger partial charge in [-0.25, -0.2) is 4.68 Å². The molecule has 0 spiro atoms. The molecule has 8 nitrogen and oxygen atoms in total. The van der Waals surface area contributed by atoms with Gasteiger partial charge in [0.2, 0.25) is 0 Å². The first-order chi connectivity index (χ1) is 12.6. The Morgan fingerprint density at radius 3 is 3.04 bits per heavy atom. The van der Waals surface area contributed by atoms with Crippen molar-refractivity contribution in [2.45, 2.75) is 39.2 Å². The van der Waals surface area contributed by atoms with E-state index in [1.54, 1.807) is 0 Å². The van der Waals surface area contributed by atoms with Gasteiger partial charge in [-0.15, -0.1) is 16.4 Å². The second kappa shape index (κ2) is 6.99. The molecule has 3 aromatic rings. The van der Waals surface area contributed by atoms with Crippen molar-refractivity contribution in [1.82, 2.24) is 30.0 Å². The monoisotopic (exact) mass is 372 g/mol. The molecule has 0 bridgehead atoms. The van der Waals surface area contributed by atoms with Crippen LogP contribution in [0.1, 0.15) is 46.2 Å². The lowest BCUT2D eigenvalue weighted by Crippen LogP contribution is -2.40. The molecule has 4 rings (SSSR count). The minimum Gasteiger partial charge on any atom is -0.336 e. The quantitative estimate of drug-likeness (QED) is 0.699. The number of carbonyl (C=O) groups is 1. The van der Waals surface area contributed by atoms with Gasteiger partial charge in [-0.3, -0.25) is 4.79 Å². The maximum Gasteiger partial charge on any atom is 0.280 e. The minimum atomic E-state index is 0.0950. The molecule has 1 unspecified atom stereocenters. The Morgan fingerprint density at radius 2 is 2.31 bits per heavy atom. The van der Waals surface area contributed by atoms with Crippen molar-refractivity contribution in [2.24, 2.45) is 0 Å². The molecule has 26 heavy (non-hydrogen) atoms. The number of nitrogens with zero attached hydrogens (tertiary/aromatic N) is 6. The van der Waals surface area contributed by atoms with Gasteiger partial charge in [0.15, 0.2) is 11.5 Å². The lowest BCUT2D eigenvalue weighted by Gasteiger charge is -2.32. The molecule has 0 radical (unpaired) electrons. The molecule has 0 N–H and O–H groups in total. The number of piperidine rings is 1. The SMILES string of the molecule is CCc1noc(-c2cn(C3CCCN(C(=O)c4ccc(C)s4)C3)nn2)n1. The van der Waals surface area contributed by atoms with Gasteiger partial charge in [-0.1, -0.05) is 17.3 Å². The van der Waals surface area contributed by atoms with Crippen LogP contribution in [0.5, 0.6) is 0 Å². The second-order valence-corrected chi connectivity index (χ2v) is 7.70. The van der Waals surface area contributed by atoms with Crippen LogP contribution in [-0.2, 0) is 6.42 Å². The van der Waals surface area contributed by atoms with E-state index in [0.29, 0.717) is 30.4 Å². The Labute approximate surface area is 154 Å². The number of hydrogen-bond acceptors (Lipinski definition) is 7. The maximum atomic E-state index is 12.7. The second-order valence-electron chi connectivity index (χ2n) is 6.41. The molecule has 1 aliphatic heterocycles.